The molecule has 0 unspecified atom stereocenters. The fraction of sp³-hybridized carbons (Fsp3) is 0.300. The van der Waals surface area contributed by atoms with Crippen LogP contribution in [0.25, 0.3) is 22.6 Å². The molecule has 26 heavy (non-hydrogen) atoms. The number of aromatic nitrogens is 3. The van der Waals surface area contributed by atoms with Crippen LogP contribution in [0.5, 0.6) is 0 Å². The SMILES string of the molecule is Cc1cc(-c2cnc(C)nc2-c2ccc(CNC(=O)C3CC3)cc2)on1. The van der Waals surface area contributed by atoms with Gasteiger partial charge in [-0.2, -0.15) is 0 Å². The first-order chi connectivity index (χ1) is 12.6. The number of rotatable bonds is 5. The third-order valence-electron chi connectivity index (χ3n) is 4.44. The molecule has 3 aromatic rings. The third-order valence-corrected chi connectivity index (χ3v) is 4.44. The van der Waals surface area contributed by atoms with Crippen molar-refractivity contribution >= 4 is 5.91 Å². The first-order valence-corrected chi connectivity index (χ1v) is 8.74. The van der Waals surface area contributed by atoms with Crippen LogP contribution in [0.15, 0.2) is 41.1 Å². The monoisotopic (exact) mass is 348 g/mol. The number of hydrogen-bond acceptors (Lipinski definition) is 5. The van der Waals surface area contributed by atoms with Crippen LogP contribution >= 0.6 is 0 Å². The van der Waals surface area contributed by atoms with E-state index in [1.165, 1.54) is 0 Å². The number of nitrogens with zero attached hydrogens (tertiary/aromatic N) is 3. The zero-order valence-electron chi connectivity index (χ0n) is 14.8. The van der Waals surface area contributed by atoms with E-state index in [-0.39, 0.29) is 11.8 Å². The Labute approximate surface area is 151 Å². The van der Waals surface area contributed by atoms with Gasteiger partial charge in [-0.3, -0.25) is 4.79 Å². The molecule has 1 fully saturated rings. The number of benzene rings is 1. The highest BCUT2D eigenvalue weighted by atomic mass is 16.5. The van der Waals surface area contributed by atoms with Crippen molar-refractivity contribution < 1.29 is 9.32 Å². The number of amides is 1. The van der Waals surface area contributed by atoms with Gasteiger partial charge in [-0.1, -0.05) is 29.4 Å². The molecule has 1 saturated carbocycles. The summed E-state index contributed by atoms with van der Waals surface area (Å²) >= 11 is 0. The molecule has 1 aliphatic rings. The van der Waals surface area contributed by atoms with Crippen molar-refractivity contribution in [3.8, 4) is 22.6 Å². The molecule has 0 aliphatic heterocycles. The quantitative estimate of drug-likeness (QED) is 0.764. The predicted molar refractivity (Wildman–Crippen MR) is 97.0 cm³/mol. The van der Waals surface area contributed by atoms with Gasteiger partial charge in [0.05, 0.1) is 17.0 Å². The van der Waals surface area contributed by atoms with Gasteiger partial charge >= 0.3 is 0 Å². The van der Waals surface area contributed by atoms with E-state index in [2.05, 4.69) is 20.4 Å². The molecule has 1 N–H and O–H groups in total. The Balaban J connectivity index is 1.58. The van der Waals surface area contributed by atoms with Gasteiger partial charge in [0, 0.05) is 30.3 Å². The predicted octanol–water partition coefficient (Wildman–Crippen LogP) is 3.44. The summed E-state index contributed by atoms with van der Waals surface area (Å²) in [6.07, 6.45) is 3.80. The zero-order valence-corrected chi connectivity index (χ0v) is 14.8. The number of carbonyl (C=O) groups excluding carboxylic acids is 1. The van der Waals surface area contributed by atoms with Crippen LogP contribution in [0.3, 0.4) is 0 Å². The largest absolute Gasteiger partial charge is 0.356 e. The van der Waals surface area contributed by atoms with E-state index in [9.17, 15) is 4.79 Å². The van der Waals surface area contributed by atoms with Gasteiger partial charge in [0.25, 0.3) is 0 Å². The van der Waals surface area contributed by atoms with Crippen molar-refractivity contribution in [3.63, 3.8) is 0 Å². The standard InChI is InChI=1S/C20H20N4O2/c1-12-9-18(26-24-12)17-11-21-13(2)23-19(17)15-5-3-14(4-6-15)10-22-20(25)16-7-8-16/h3-6,9,11,16H,7-8,10H2,1-2H3,(H,22,25). The van der Waals surface area contributed by atoms with E-state index < -0.39 is 0 Å². The van der Waals surface area contributed by atoms with Crippen LogP contribution in [-0.4, -0.2) is 21.0 Å². The van der Waals surface area contributed by atoms with Crippen LogP contribution in [0.1, 0.15) is 29.9 Å². The van der Waals surface area contributed by atoms with Gasteiger partial charge in [0.1, 0.15) is 5.82 Å². The third kappa shape index (κ3) is 3.49. The fourth-order valence-corrected chi connectivity index (χ4v) is 2.82. The molecule has 0 spiro atoms. The van der Waals surface area contributed by atoms with Crippen molar-refractivity contribution in [2.45, 2.75) is 33.2 Å². The number of aryl methyl sites for hydroxylation is 2. The molecule has 4 rings (SSSR count). The van der Waals surface area contributed by atoms with Gasteiger partial charge in [-0.05, 0) is 32.3 Å². The minimum absolute atomic E-state index is 0.156. The maximum atomic E-state index is 11.8. The van der Waals surface area contributed by atoms with Crippen molar-refractivity contribution in [2.24, 2.45) is 5.92 Å². The molecule has 0 saturated heterocycles. The molecule has 0 radical (unpaired) electrons. The van der Waals surface area contributed by atoms with Crippen LogP contribution < -0.4 is 5.32 Å². The summed E-state index contributed by atoms with van der Waals surface area (Å²) in [5, 5.41) is 6.94. The van der Waals surface area contributed by atoms with Gasteiger partial charge in [-0.15, -0.1) is 0 Å². The van der Waals surface area contributed by atoms with Crippen LogP contribution in [0.2, 0.25) is 0 Å². The van der Waals surface area contributed by atoms with Crippen molar-refractivity contribution in [3.05, 3.63) is 53.6 Å². The van der Waals surface area contributed by atoms with Gasteiger partial charge in [-0.25, -0.2) is 9.97 Å². The molecule has 6 heteroatoms. The lowest BCUT2D eigenvalue weighted by atomic mass is 10.0. The van der Waals surface area contributed by atoms with Crippen LogP contribution in [0, 0.1) is 19.8 Å². The lowest BCUT2D eigenvalue weighted by Crippen LogP contribution is -2.24. The Kier molecular flexibility index (Phi) is 4.24. The smallest absolute Gasteiger partial charge is 0.223 e. The Morgan fingerprint density at radius 1 is 1.23 bits per heavy atom. The maximum Gasteiger partial charge on any atom is 0.223 e. The molecule has 2 heterocycles. The van der Waals surface area contributed by atoms with Crippen molar-refractivity contribution in [1.82, 2.24) is 20.4 Å². The summed E-state index contributed by atoms with van der Waals surface area (Å²) < 4.78 is 5.39. The molecule has 6 nitrogen and oxygen atoms in total. The van der Waals surface area contributed by atoms with Gasteiger partial charge in [0.15, 0.2) is 5.76 Å². The second kappa shape index (κ2) is 6.71. The van der Waals surface area contributed by atoms with Crippen molar-refractivity contribution in [1.29, 1.82) is 0 Å². The Bertz CT molecular complexity index is 943. The minimum Gasteiger partial charge on any atom is -0.356 e. The summed E-state index contributed by atoms with van der Waals surface area (Å²) in [7, 11) is 0. The molecule has 0 atom stereocenters. The second-order valence-corrected chi connectivity index (χ2v) is 6.70. The topological polar surface area (TPSA) is 80.9 Å². The minimum atomic E-state index is 0.156. The summed E-state index contributed by atoms with van der Waals surface area (Å²) in [4.78, 5) is 20.7. The van der Waals surface area contributed by atoms with E-state index in [4.69, 9.17) is 4.52 Å². The summed E-state index contributed by atoms with van der Waals surface area (Å²) in [5.41, 5.74) is 4.46. The average molecular weight is 348 g/mol. The van der Waals surface area contributed by atoms with Gasteiger partial charge in [0.2, 0.25) is 5.91 Å². The highest BCUT2D eigenvalue weighted by Crippen LogP contribution is 2.31. The lowest BCUT2D eigenvalue weighted by molar-refractivity contribution is -0.122. The van der Waals surface area contributed by atoms with E-state index in [0.29, 0.717) is 18.1 Å². The van der Waals surface area contributed by atoms with E-state index in [1.54, 1.807) is 6.20 Å². The summed E-state index contributed by atoms with van der Waals surface area (Å²) in [6.45, 7) is 4.29. The number of hydrogen-bond donors (Lipinski definition) is 1. The summed E-state index contributed by atoms with van der Waals surface area (Å²) in [6, 6.07) is 9.91. The van der Waals surface area contributed by atoms with E-state index >= 15 is 0 Å². The fourth-order valence-electron chi connectivity index (χ4n) is 2.82. The summed E-state index contributed by atoms with van der Waals surface area (Å²) in [5.74, 6) is 1.73. The van der Waals surface area contributed by atoms with E-state index in [0.717, 1.165) is 40.9 Å². The lowest BCUT2D eigenvalue weighted by Gasteiger charge is -2.09. The Hall–Kier alpha value is -3.02. The Morgan fingerprint density at radius 3 is 2.65 bits per heavy atom. The van der Waals surface area contributed by atoms with E-state index in [1.807, 2.05) is 44.2 Å². The molecular formula is C20H20N4O2. The van der Waals surface area contributed by atoms with Crippen LogP contribution in [0.4, 0.5) is 0 Å². The molecule has 0 bridgehead atoms. The van der Waals surface area contributed by atoms with Crippen molar-refractivity contribution in [2.75, 3.05) is 0 Å². The highest BCUT2D eigenvalue weighted by molar-refractivity contribution is 5.81. The average Bonchev–Trinajstić information content (AvgIpc) is 3.42. The van der Waals surface area contributed by atoms with Crippen LogP contribution in [-0.2, 0) is 11.3 Å². The molecule has 1 aliphatic carbocycles. The molecule has 132 valence electrons. The molecule has 2 aromatic heterocycles. The first-order valence-electron chi connectivity index (χ1n) is 8.74. The molecular weight excluding hydrogens is 328 g/mol. The second-order valence-electron chi connectivity index (χ2n) is 6.70. The maximum absolute atomic E-state index is 11.8. The normalized spacial score (nSPS) is 13.6. The molecule has 1 aromatic carbocycles. The first kappa shape index (κ1) is 16.4. The molecule has 1 amide bonds. The zero-order chi connectivity index (χ0) is 18.1. The number of nitrogens with one attached hydrogen (secondary N) is 1. The Morgan fingerprint density at radius 2 is 2.00 bits per heavy atom. The van der Waals surface area contributed by atoms with Gasteiger partial charge < -0.3 is 9.84 Å². The number of carbonyl (C=O) groups is 1. The highest BCUT2D eigenvalue weighted by Gasteiger charge is 2.29.